The molecule has 5 heteroatoms. The van der Waals surface area contributed by atoms with Crippen LogP contribution in [0.15, 0.2) is 71.8 Å². The Bertz CT molecular complexity index is 1140. The van der Waals surface area contributed by atoms with Gasteiger partial charge >= 0.3 is 0 Å². The molecular weight excluding hydrogens is 376 g/mol. The van der Waals surface area contributed by atoms with Gasteiger partial charge in [0.2, 0.25) is 13.0 Å². The van der Waals surface area contributed by atoms with Crippen molar-refractivity contribution >= 4 is 5.71 Å². The van der Waals surface area contributed by atoms with Gasteiger partial charge in [-0.05, 0) is 36.2 Å². The molecule has 30 heavy (non-hydrogen) atoms. The smallest absolute Gasteiger partial charge is 0.231 e. The van der Waals surface area contributed by atoms with Crippen molar-refractivity contribution in [3.63, 3.8) is 0 Å². The summed E-state index contributed by atoms with van der Waals surface area (Å²) in [5.41, 5.74) is 5.71. The van der Waals surface area contributed by atoms with Gasteiger partial charge < -0.3 is 14.2 Å². The Morgan fingerprint density at radius 2 is 1.77 bits per heavy atom. The summed E-state index contributed by atoms with van der Waals surface area (Å²) >= 11 is 0. The zero-order valence-electron chi connectivity index (χ0n) is 16.7. The molecule has 150 valence electrons. The zero-order chi connectivity index (χ0) is 20.1. The molecule has 2 atom stereocenters. The summed E-state index contributed by atoms with van der Waals surface area (Å²) in [6, 6.07) is 23.1. The summed E-state index contributed by atoms with van der Waals surface area (Å²) in [5, 5.41) is 7.15. The predicted octanol–water partition coefficient (Wildman–Crippen LogP) is 5.22. The number of benzene rings is 3. The van der Waals surface area contributed by atoms with Crippen molar-refractivity contribution in [3.8, 4) is 17.2 Å². The molecule has 0 spiro atoms. The summed E-state index contributed by atoms with van der Waals surface area (Å²) in [6.07, 6.45) is 1.60. The van der Waals surface area contributed by atoms with Crippen LogP contribution in [0.2, 0.25) is 0 Å². The van der Waals surface area contributed by atoms with Gasteiger partial charge in [-0.15, -0.1) is 0 Å². The van der Waals surface area contributed by atoms with Gasteiger partial charge in [0, 0.05) is 23.1 Å². The summed E-state index contributed by atoms with van der Waals surface area (Å²) in [6.45, 7) is 2.44. The first-order chi connectivity index (χ1) is 14.8. The lowest BCUT2D eigenvalue weighted by molar-refractivity contribution is -0.0190. The summed E-state index contributed by atoms with van der Waals surface area (Å²) in [7, 11) is 0. The second-order valence-corrected chi connectivity index (χ2v) is 7.82. The van der Waals surface area contributed by atoms with Crippen molar-refractivity contribution in [2.45, 2.75) is 32.0 Å². The van der Waals surface area contributed by atoms with Gasteiger partial charge in [-0.25, -0.2) is 5.01 Å². The fourth-order valence-electron chi connectivity index (χ4n) is 4.42. The van der Waals surface area contributed by atoms with Crippen LogP contribution in [0.3, 0.4) is 0 Å². The third kappa shape index (κ3) is 2.73. The van der Waals surface area contributed by atoms with E-state index in [0.29, 0.717) is 0 Å². The van der Waals surface area contributed by atoms with Gasteiger partial charge in [-0.3, -0.25) is 0 Å². The third-order valence-electron chi connectivity index (χ3n) is 6.08. The largest absolute Gasteiger partial charge is 0.464 e. The quantitative estimate of drug-likeness (QED) is 0.607. The summed E-state index contributed by atoms with van der Waals surface area (Å²) in [4.78, 5) is 0. The van der Waals surface area contributed by atoms with Crippen molar-refractivity contribution in [1.82, 2.24) is 5.01 Å². The highest BCUT2D eigenvalue weighted by atomic mass is 16.7. The molecule has 0 fully saturated rings. The molecule has 0 aromatic heterocycles. The number of rotatable bonds is 3. The van der Waals surface area contributed by atoms with E-state index >= 15 is 0 Å². The van der Waals surface area contributed by atoms with Crippen LogP contribution in [-0.4, -0.2) is 17.5 Å². The Morgan fingerprint density at radius 3 is 2.63 bits per heavy atom. The highest BCUT2D eigenvalue weighted by Gasteiger charge is 2.41. The first kappa shape index (κ1) is 17.4. The fraction of sp³-hybridized carbons (Fsp3) is 0.240. The molecule has 0 saturated heterocycles. The Balaban J connectivity index is 1.41. The van der Waals surface area contributed by atoms with Gasteiger partial charge in [0.1, 0.15) is 5.75 Å². The average Bonchev–Trinajstić information content (AvgIpc) is 3.45. The Labute approximate surface area is 175 Å². The average molecular weight is 398 g/mol. The molecule has 3 aromatic rings. The van der Waals surface area contributed by atoms with Crippen LogP contribution in [0.4, 0.5) is 0 Å². The lowest BCUT2D eigenvalue weighted by Gasteiger charge is -2.38. The number of aryl methyl sites for hydroxylation is 1. The molecule has 3 aliphatic heterocycles. The van der Waals surface area contributed by atoms with Crippen molar-refractivity contribution in [2.24, 2.45) is 5.10 Å². The Hall–Kier alpha value is -3.47. The molecule has 0 radical (unpaired) electrons. The second-order valence-electron chi connectivity index (χ2n) is 7.82. The molecular formula is C25H22N2O3. The maximum absolute atomic E-state index is 6.44. The van der Waals surface area contributed by atoms with E-state index in [9.17, 15) is 0 Å². The van der Waals surface area contributed by atoms with Crippen LogP contribution in [-0.2, 0) is 6.42 Å². The monoisotopic (exact) mass is 398 g/mol. The maximum atomic E-state index is 6.44. The topological polar surface area (TPSA) is 43.3 Å². The second kappa shape index (κ2) is 6.80. The number of hydrogen-bond donors (Lipinski definition) is 0. The fourth-order valence-corrected chi connectivity index (χ4v) is 4.42. The maximum Gasteiger partial charge on any atom is 0.231 e. The van der Waals surface area contributed by atoms with Crippen LogP contribution < -0.4 is 14.2 Å². The SMILES string of the molecule is CCc1ccc(C2Oc3ccccc3C3CC(c4ccc5c(c4)OCO5)=NN32)cc1. The van der Waals surface area contributed by atoms with E-state index < -0.39 is 0 Å². The summed E-state index contributed by atoms with van der Waals surface area (Å²) < 4.78 is 17.5. The van der Waals surface area contributed by atoms with Gasteiger partial charge in [0.05, 0.1) is 11.8 Å². The number of hydrazone groups is 1. The molecule has 0 bridgehead atoms. The lowest BCUT2D eigenvalue weighted by atomic mass is 9.95. The molecule has 3 aliphatic rings. The third-order valence-corrected chi connectivity index (χ3v) is 6.08. The molecule has 0 saturated carbocycles. The highest BCUT2D eigenvalue weighted by molar-refractivity contribution is 6.02. The molecule has 0 aliphatic carbocycles. The zero-order valence-corrected chi connectivity index (χ0v) is 16.7. The van der Waals surface area contributed by atoms with Crippen molar-refractivity contribution in [3.05, 3.63) is 89.0 Å². The molecule has 0 amide bonds. The van der Waals surface area contributed by atoms with Crippen LogP contribution in [0, 0.1) is 0 Å². The van der Waals surface area contributed by atoms with Crippen LogP contribution >= 0.6 is 0 Å². The molecule has 6 rings (SSSR count). The van der Waals surface area contributed by atoms with E-state index in [4.69, 9.17) is 19.3 Å². The number of para-hydroxylation sites is 1. The van der Waals surface area contributed by atoms with E-state index in [1.807, 2.05) is 18.2 Å². The normalized spacial score (nSPS) is 21.0. The predicted molar refractivity (Wildman–Crippen MR) is 114 cm³/mol. The molecule has 5 nitrogen and oxygen atoms in total. The van der Waals surface area contributed by atoms with Crippen molar-refractivity contribution in [2.75, 3.05) is 6.79 Å². The summed E-state index contributed by atoms with van der Waals surface area (Å²) in [5.74, 6) is 2.51. The lowest BCUT2D eigenvalue weighted by Crippen LogP contribution is -2.33. The van der Waals surface area contributed by atoms with Gasteiger partial charge in [0.25, 0.3) is 0 Å². The van der Waals surface area contributed by atoms with Crippen LogP contribution in [0.1, 0.15) is 47.9 Å². The Kier molecular flexibility index (Phi) is 3.94. The van der Waals surface area contributed by atoms with Crippen LogP contribution in [0.5, 0.6) is 17.2 Å². The minimum absolute atomic E-state index is 0.145. The standard InChI is InChI=1S/C25H22N2O3/c1-2-16-7-9-17(10-8-16)25-27-21(19-5-3-4-6-22(19)30-25)14-20(26-27)18-11-12-23-24(13-18)29-15-28-23/h3-13,21,25H,2,14-15H2,1H3. The number of ether oxygens (including phenoxy) is 3. The van der Waals surface area contributed by atoms with Crippen molar-refractivity contribution in [1.29, 1.82) is 0 Å². The molecule has 0 N–H and O–H groups in total. The van der Waals surface area contributed by atoms with Gasteiger partial charge in [-0.2, -0.15) is 5.10 Å². The first-order valence-corrected chi connectivity index (χ1v) is 10.4. The Morgan fingerprint density at radius 1 is 0.933 bits per heavy atom. The molecule has 3 aromatic carbocycles. The van der Waals surface area contributed by atoms with Crippen molar-refractivity contribution < 1.29 is 14.2 Å². The molecule has 2 unspecified atom stereocenters. The van der Waals surface area contributed by atoms with E-state index in [1.165, 1.54) is 11.1 Å². The number of hydrogen-bond acceptors (Lipinski definition) is 5. The highest BCUT2D eigenvalue weighted by Crippen LogP contribution is 2.47. The minimum Gasteiger partial charge on any atom is -0.464 e. The van der Waals surface area contributed by atoms with Gasteiger partial charge in [-0.1, -0.05) is 49.4 Å². The number of nitrogens with zero attached hydrogens (tertiary/aromatic N) is 2. The van der Waals surface area contributed by atoms with E-state index in [0.717, 1.165) is 46.9 Å². The van der Waals surface area contributed by atoms with E-state index in [-0.39, 0.29) is 19.1 Å². The molecule has 3 heterocycles. The minimum atomic E-state index is -0.248. The van der Waals surface area contributed by atoms with E-state index in [2.05, 4.69) is 60.5 Å². The van der Waals surface area contributed by atoms with Gasteiger partial charge in [0.15, 0.2) is 11.5 Å². The first-order valence-electron chi connectivity index (χ1n) is 10.4. The van der Waals surface area contributed by atoms with Crippen LogP contribution in [0.25, 0.3) is 0 Å². The number of fused-ring (bicyclic) bond motifs is 4. The van der Waals surface area contributed by atoms with E-state index in [1.54, 1.807) is 0 Å².